The van der Waals surface area contributed by atoms with Crippen LogP contribution < -0.4 is 5.32 Å². The molecule has 33 heavy (non-hydrogen) atoms. The second-order valence-corrected chi connectivity index (χ2v) is 10.5. The maximum absolute atomic E-state index is 6.03. The van der Waals surface area contributed by atoms with E-state index in [1.807, 2.05) is 18.2 Å². The summed E-state index contributed by atoms with van der Waals surface area (Å²) in [4.78, 5) is 10.8. The molecule has 0 spiro atoms. The Hall–Kier alpha value is -3.12. The summed E-state index contributed by atoms with van der Waals surface area (Å²) in [5.41, 5.74) is 4.26. The molecule has 2 aliphatic rings. The van der Waals surface area contributed by atoms with Crippen molar-refractivity contribution in [3.05, 3.63) is 82.0 Å². The van der Waals surface area contributed by atoms with Crippen molar-refractivity contribution in [3.63, 3.8) is 0 Å². The average Bonchev–Trinajstić information content (AvgIpc) is 3.55. The Morgan fingerprint density at radius 1 is 0.879 bits per heavy atom. The molecule has 0 saturated heterocycles. The Kier molecular flexibility index (Phi) is 5.94. The van der Waals surface area contributed by atoms with Crippen molar-refractivity contribution in [2.45, 2.75) is 39.3 Å². The van der Waals surface area contributed by atoms with Crippen LogP contribution in [0.3, 0.4) is 0 Å². The number of aliphatic imine (C=N–C) groups is 2. The van der Waals surface area contributed by atoms with Gasteiger partial charge < -0.3 is 14.8 Å². The third kappa shape index (κ3) is 4.81. The number of nitrogens with one attached hydrogen (secondary N) is 1. The summed E-state index contributed by atoms with van der Waals surface area (Å²) < 4.78 is 12.0. The van der Waals surface area contributed by atoms with E-state index >= 15 is 0 Å². The highest BCUT2D eigenvalue weighted by Crippen LogP contribution is 2.34. The van der Waals surface area contributed by atoms with Gasteiger partial charge in [-0.1, -0.05) is 63.2 Å². The predicted octanol–water partition coefficient (Wildman–Crippen LogP) is 6.07. The van der Waals surface area contributed by atoms with E-state index in [2.05, 4.69) is 73.9 Å². The number of nitrogens with zero attached hydrogens (tertiary/aromatic N) is 2. The monoisotopic (exact) mass is 459 g/mol. The lowest BCUT2D eigenvalue weighted by molar-refractivity contribution is 0.236. The van der Waals surface area contributed by atoms with Gasteiger partial charge in [-0.05, 0) is 41.0 Å². The maximum Gasteiger partial charge on any atom is 0.229 e. The first kappa shape index (κ1) is 21.7. The van der Waals surface area contributed by atoms with Crippen molar-refractivity contribution < 1.29 is 9.47 Å². The number of anilines is 2. The summed E-state index contributed by atoms with van der Waals surface area (Å²) in [7, 11) is 0. The van der Waals surface area contributed by atoms with Crippen LogP contribution in [0.25, 0.3) is 0 Å². The third-order valence-corrected chi connectivity index (χ3v) is 6.87. The molecule has 5 rings (SSSR count). The van der Waals surface area contributed by atoms with Crippen LogP contribution in [0, 0.1) is 5.41 Å². The zero-order chi connectivity index (χ0) is 22.8. The van der Waals surface area contributed by atoms with Crippen LogP contribution >= 0.6 is 11.3 Å². The van der Waals surface area contributed by atoms with Gasteiger partial charge in [0, 0.05) is 0 Å². The lowest BCUT2D eigenvalue weighted by Gasteiger charge is -2.21. The van der Waals surface area contributed by atoms with Crippen LogP contribution in [-0.4, -0.2) is 37.1 Å². The van der Waals surface area contributed by atoms with Gasteiger partial charge in [-0.3, -0.25) is 0 Å². The molecule has 0 radical (unpaired) electrons. The molecule has 170 valence electrons. The molecule has 3 heterocycles. The molecule has 3 aromatic rings. The van der Waals surface area contributed by atoms with Gasteiger partial charge >= 0.3 is 0 Å². The van der Waals surface area contributed by atoms with Gasteiger partial charge in [-0.2, -0.15) is 0 Å². The van der Waals surface area contributed by atoms with Crippen molar-refractivity contribution >= 4 is 34.5 Å². The molecule has 2 aromatic carbocycles. The highest BCUT2D eigenvalue weighted by Gasteiger charge is 2.32. The van der Waals surface area contributed by atoms with Gasteiger partial charge in [0.2, 0.25) is 11.8 Å². The fraction of sp³-hybridized carbons (Fsp3) is 0.333. The molecular formula is C27H29N3O2S. The van der Waals surface area contributed by atoms with Gasteiger partial charge in [0.15, 0.2) is 0 Å². The minimum Gasteiger partial charge on any atom is -0.475 e. The zero-order valence-electron chi connectivity index (χ0n) is 19.2. The Labute approximate surface area is 199 Å². The van der Waals surface area contributed by atoms with Crippen LogP contribution in [0.15, 0.2) is 76.0 Å². The van der Waals surface area contributed by atoms with Crippen molar-refractivity contribution in [3.8, 4) is 0 Å². The topological polar surface area (TPSA) is 55.2 Å². The fourth-order valence-corrected chi connectivity index (χ4v) is 4.79. The summed E-state index contributed by atoms with van der Waals surface area (Å²) in [6, 6.07) is 21.0. The molecule has 2 aliphatic heterocycles. The summed E-state index contributed by atoms with van der Waals surface area (Å²) in [5.74, 6) is 1.42. The molecule has 0 unspecified atom stereocenters. The number of hydrogen-bond acceptors (Lipinski definition) is 6. The number of para-hydroxylation sites is 1. The first-order valence-corrected chi connectivity index (χ1v) is 12.2. The zero-order valence-corrected chi connectivity index (χ0v) is 20.1. The maximum atomic E-state index is 6.03. The average molecular weight is 460 g/mol. The van der Waals surface area contributed by atoms with E-state index in [9.17, 15) is 0 Å². The van der Waals surface area contributed by atoms with Crippen LogP contribution in [-0.2, 0) is 15.9 Å². The summed E-state index contributed by atoms with van der Waals surface area (Å²) >= 11 is 1.64. The molecule has 0 bridgehead atoms. The molecule has 6 heteroatoms. The quantitative estimate of drug-likeness (QED) is 0.487. The van der Waals surface area contributed by atoms with Crippen molar-refractivity contribution in [1.29, 1.82) is 0 Å². The van der Waals surface area contributed by atoms with E-state index in [-0.39, 0.29) is 17.5 Å². The third-order valence-electron chi connectivity index (χ3n) is 5.96. The van der Waals surface area contributed by atoms with Gasteiger partial charge in [0.05, 0.1) is 29.0 Å². The molecular weight excluding hydrogens is 430 g/mol. The number of ether oxygens (including phenoxy) is 2. The second-order valence-electron chi connectivity index (χ2n) is 9.55. The normalized spacial score (nSPS) is 20.1. The lowest BCUT2D eigenvalue weighted by atomic mass is 9.88. The van der Waals surface area contributed by atoms with E-state index in [1.54, 1.807) is 11.3 Å². The van der Waals surface area contributed by atoms with Crippen molar-refractivity contribution in [2.75, 3.05) is 18.5 Å². The fourth-order valence-electron chi connectivity index (χ4n) is 3.99. The van der Waals surface area contributed by atoms with E-state index in [1.165, 1.54) is 5.56 Å². The molecule has 0 saturated carbocycles. The molecule has 0 amide bonds. The summed E-state index contributed by atoms with van der Waals surface area (Å²) in [6.45, 7) is 7.82. The standard InChI is InChI=1S/C27H29N3O2S/c1-27(2,3)23-17-32-26(30-23)24-22(13-14-33-24)29-21-12-8-7-11-20(21)25-28-19(16-31-25)15-18-9-5-4-6-10-18/h4-14,19,23,29H,15-17H2,1-3H3/t19-,23+/m0/s1. The molecule has 2 atom stereocenters. The van der Waals surface area contributed by atoms with Crippen molar-refractivity contribution in [2.24, 2.45) is 15.4 Å². The smallest absolute Gasteiger partial charge is 0.229 e. The minimum absolute atomic E-state index is 0.0768. The second kappa shape index (κ2) is 9.02. The number of rotatable bonds is 6. The molecule has 0 fully saturated rings. The van der Waals surface area contributed by atoms with Crippen LogP contribution in [0.2, 0.25) is 0 Å². The van der Waals surface area contributed by atoms with Gasteiger partial charge in [0.25, 0.3) is 0 Å². The SMILES string of the molecule is CC(C)(C)[C@H]1COC(c2sccc2Nc2ccccc2C2=N[C@@H](Cc3ccccc3)CO2)=N1. The Bertz CT molecular complexity index is 1180. The van der Waals surface area contributed by atoms with Crippen LogP contribution in [0.5, 0.6) is 0 Å². The van der Waals surface area contributed by atoms with Gasteiger partial charge in [-0.25, -0.2) is 9.98 Å². The predicted molar refractivity (Wildman–Crippen MR) is 136 cm³/mol. The van der Waals surface area contributed by atoms with Gasteiger partial charge in [-0.15, -0.1) is 11.3 Å². The van der Waals surface area contributed by atoms with Crippen molar-refractivity contribution in [1.82, 2.24) is 0 Å². The lowest BCUT2D eigenvalue weighted by Crippen LogP contribution is -2.25. The molecule has 0 aliphatic carbocycles. The van der Waals surface area contributed by atoms with Crippen LogP contribution in [0.1, 0.15) is 36.8 Å². The Balaban J connectivity index is 1.36. The van der Waals surface area contributed by atoms with E-state index in [0.29, 0.717) is 19.1 Å². The first-order chi connectivity index (χ1) is 16.0. The minimum atomic E-state index is 0.0768. The summed E-state index contributed by atoms with van der Waals surface area (Å²) in [6.07, 6.45) is 0.876. The highest BCUT2D eigenvalue weighted by molar-refractivity contribution is 7.12. The Morgan fingerprint density at radius 3 is 2.42 bits per heavy atom. The summed E-state index contributed by atoms with van der Waals surface area (Å²) in [5, 5.41) is 5.65. The van der Waals surface area contributed by atoms with Crippen LogP contribution in [0.4, 0.5) is 11.4 Å². The molecule has 1 N–H and O–H groups in total. The van der Waals surface area contributed by atoms with E-state index in [4.69, 9.17) is 19.5 Å². The van der Waals surface area contributed by atoms with E-state index < -0.39 is 0 Å². The van der Waals surface area contributed by atoms with Gasteiger partial charge in [0.1, 0.15) is 18.1 Å². The van der Waals surface area contributed by atoms with E-state index in [0.717, 1.165) is 34.1 Å². The number of benzene rings is 2. The molecule has 5 nitrogen and oxygen atoms in total. The number of thiophene rings is 1. The molecule has 1 aromatic heterocycles. The first-order valence-electron chi connectivity index (χ1n) is 11.4. The number of hydrogen-bond donors (Lipinski definition) is 1. The highest BCUT2D eigenvalue weighted by atomic mass is 32.1. The Morgan fingerprint density at radius 2 is 1.64 bits per heavy atom. The largest absolute Gasteiger partial charge is 0.475 e.